The maximum Gasteiger partial charge on any atom is 0.234 e. The van der Waals surface area contributed by atoms with Gasteiger partial charge >= 0.3 is 0 Å². The van der Waals surface area contributed by atoms with Crippen LogP contribution >= 0.6 is 0 Å². The summed E-state index contributed by atoms with van der Waals surface area (Å²) in [6, 6.07) is 8.24. The molecule has 1 aliphatic rings. The summed E-state index contributed by atoms with van der Waals surface area (Å²) in [6.45, 7) is 1.87. The van der Waals surface area contributed by atoms with Crippen molar-refractivity contribution in [2.45, 2.75) is 25.4 Å². The zero-order valence-electron chi connectivity index (χ0n) is 12.3. The summed E-state index contributed by atoms with van der Waals surface area (Å²) < 4.78 is 7.36. The second kappa shape index (κ2) is 6.18. The summed E-state index contributed by atoms with van der Waals surface area (Å²) in [5.41, 5.74) is 1.28. The molecule has 0 spiro atoms. The van der Waals surface area contributed by atoms with Crippen molar-refractivity contribution in [3.63, 3.8) is 0 Å². The highest BCUT2D eigenvalue weighted by atomic mass is 16.3. The highest BCUT2D eigenvalue weighted by Gasteiger charge is 2.28. The van der Waals surface area contributed by atoms with E-state index in [1.807, 2.05) is 12.1 Å². The molecule has 0 aromatic carbocycles. The topological polar surface area (TPSA) is 50.4 Å². The van der Waals surface area contributed by atoms with Gasteiger partial charge in [-0.1, -0.05) is 0 Å². The van der Waals surface area contributed by atoms with Crippen LogP contribution in [0.2, 0.25) is 0 Å². The van der Waals surface area contributed by atoms with Crippen LogP contribution in [0.15, 0.2) is 41.1 Å². The molecule has 112 valence electrons. The average Bonchev–Trinajstić information content (AvgIpc) is 3.18. The number of hydrogen-bond donors (Lipinski definition) is 1. The number of aromatic nitrogens is 1. The lowest BCUT2D eigenvalue weighted by Gasteiger charge is -2.24. The first kappa shape index (κ1) is 13.9. The highest BCUT2D eigenvalue weighted by molar-refractivity contribution is 5.78. The predicted octanol–water partition coefficient (Wildman–Crippen LogP) is 2.07. The summed E-state index contributed by atoms with van der Waals surface area (Å²) in [7, 11) is 2.06. The molecule has 3 rings (SSSR count). The van der Waals surface area contributed by atoms with Gasteiger partial charge in [0.05, 0.1) is 25.4 Å². The molecule has 1 fully saturated rings. The fourth-order valence-corrected chi connectivity index (χ4v) is 3.01. The molecule has 1 aliphatic heterocycles. The summed E-state index contributed by atoms with van der Waals surface area (Å²) in [6.07, 6.45) is 5.93. The molecule has 1 saturated heterocycles. The Morgan fingerprint density at radius 1 is 1.43 bits per heavy atom. The average molecular weight is 287 g/mol. The van der Waals surface area contributed by atoms with Gasteiger partial charge in [-0.2, -0.15) is 0 Å². The monoisotopic (exact) mass is 287 g/mol. The van der Waals surface area contributed by atoms with Gasteiger partial charge in [0.15, 0.2) is 0 Å². The smallest absolute Gasteiger partial charge is 0.234 e. The number of furan rings is 1. The highest BCUT2D eigenvalue weighted by Crippen LogP contribution is 2.31. The molecule has 3 heterocycles. The lowest BCUT2D eigenvalue weighted by atomic mass is 10.1. The minimum absolute atomic E-state index is 0.0486. The number of amides is 1. The molecule has 2 aromatic rings. The van der Waals surface area contributed by atoms with Gasteiger partial charge in [0.25, 0.3) is 0 Å². The number of nitrogens with zero attached hydrogens (tertiary/aromatic N) is 2. The summed E-state index contributed by atoms with van der Waals surface area (Å²) in [5, 5.41) is 2.91. The predicted molar refractivity (Wildman–Crippen MR) is 79.5 cm³/mol. The van der Waals surface area contributed by atoms with Crippen LogP contribution in [-0.2, 0) is 18.4 Å². The van der Waals surface area contributed by atoms with Gasteiger partial charge in [0, 0.05) is 18.9 Å². The number of aryl methyl sites for hydroxylation is 1. The Labute approximate surface area is 124 Å². The third-order valence-corrected chi connectivity index (χ3v) is 4.08. The Kier molecular flexibility index (Phi) is 4.10. The van der Waals surface area contributed by atoms with Crippen molar-refractivity contribution in [2.24, 2.45) is 7.05 Å². The Balaban J connectivity index is 1.56. The van der Waals surface area contributed by atoms with Crippen LogP contribution in [0.3, 0.4) is 0 Å². The number of carbonyl (C=O) groups is 1. The van der Waals surface area contributed by atoms with E-state index in [-0.39, 0.29) is 5.91 Å². The van der Waals surface area contributed by atoms with E-state index >= 15 is 0 Å². The molecule has 0 bridgehead atoms. The normalized spacial score (nSPS) is 19.0. The van der Waals surface area contributed by atoms with Gasteiger partial charge in [0.2, 0.25) is 5.91 Å². The largest absolute Gasteiger partial charge is 0.467 e. The fraction of sp³-hybridized carbons (Fsp3) is 0.438. The Bertz CT molecular complexity index is 588. The number of hydrogen-bond acceptors (Lipinski definition) is 3. The van der Waals surface area contributed by atoms with Crippen molar-refractivity contribution >= 4 is 5.91 Å². The number of rotatable bonds is 5. The zero-order valence-corrected chi connectivity index (χ0v) is 12.3. The van der Waals surface area contributed by atoms with Gasteiger partial charge in [-0.25, -0.2) is 0 Å². The Morgan fingerprint density at radius 2 is 2.33 bits per heavy atom. The molecular weight excluding hydrogens is 266 g/mol. The minimum Gasteiger partial charge on any atom is -0.467 e. The first-order valence-electron chi connectivity index (χ1n) is 7.38. The summed E-state index contributed by atoms with van der Waals surface area (Å²) in [5.74, 6) is 0.830. The van der Waals surface area contributed by atoms with E-state index in [1.165, 1.54) is 5.69 Å². The molecule has 0 unspecified atom stereocenters. The molecule has 0 radical (unpaired) electrons. The van der Waals surface area contributed by atoms with Crippen molar-refractivity contribution in [1.82, 2.24) is 14.8 Å². The molecule has 1 amide bonds. The van der Waals surface area contributed by atoms with E-state index in [2.05, 4.69) is 40.2 Å². The van der Waals surface area contributed by atoms with Crippen LogP contribution < -0.4 is 5.32 Å². The first-order chi connectivity index (χ1) is 10.2. The second-order valence-electron chi connectivity index (χ2n) is 5.53. The maximum absolute atomic E-state index is 12.1. The molecule has 5 heteroatoms. The van der Waals surface area contributed by atoms with Crippen LogP contribution in [0.1, 0.15) is 30.3 Å². The fourth-order valence-electron chi connectivity index (χ4n) is 3.01. The molecular formula is C16H21N3O2. The van der Waals surface area contributed by atoms with Gasteiger partial charge in [-0.3, -0.25) is 9.69 Å². The van der Waals surface area contributed by atoms with E-state index in [0.29, 0.717) is 19.1 Å². The zero-order chi connectivity index (χ0) is 14.7. The second-order valence-corrected chi connectivity index (χ2v) is 5.53. The van der Waals surface area contributed by atoms with Gasteiger partial charge in [-0.05, 0) is 43.7 Å². The van der Waals surface area contributed by atoms with Crippen LogP contribution in [0.5, 0.6) is 0 Å². The minimum atomic E-state index is 0.0486. The van der Waals surface area contributed by atoms with Gasteiger partial charge in [-0.15, -0.1) is 0 Å². The van der Waals surface area contributed by atoms with Crippen LogP contribution in [0.25, 0.3) is 0 Å². The van der Waals surface area contributed by atoms with Crippen LogP contribution in [0.4, 0.5) is 0 Å². The standard InChI is InChI=1S/C16H21N3O2/c1-18-8-2-6-14(18)15-7-3-9-19(15)12-16(20)17-11-13-5-4-10-21-13/h2,4-6,8,10,15H,3,7,9,11-12H2,1H3,(H,17,20)/t15-/m1/s1. The third-order valence-electron chi connectivity index (χ3n) is 4.08. The molecule has 5 nitrogen and oxygen atoms in total. The van der Waals surface area contributed by atoms with Gasteiger partial charge in [0.1, 0.15) is 5.76 Å². The van der Waals surface area contributed by atoms with E-state index in [4.69, 9.17) is 4.42 Å². The molecule has 0 saturated carbocycles. The van der Waals surface area contributed by atoms with Crippen molar-refractivity contribution < 1.29 is 9.21 Å². The quantitative estimate of drug-likeness (QED) is 0.916. The molecule has 21 heavy (non-hydrogen) atoms. The summed E-state index contributed by atoms with van der Waals surface area (Å²) >= 11 is 0. The van der Waals surface area contributed by atoms with E-state index in [1.54, 1.807) is 6.26 Å². The van der Waals surface area contributed by atoms with E-state index in [9.17, 15) is 4.79 Å². The number of likely N-dealkylation sites (tertiary alicyclic amines) is 1. The Morgan fingerprint density at radius 3 is 3.05 bits per heavy atom. The SMILES string of the molecule is Cn1cccc1[C@H]1CCCN1CC(=O)NCc1ccco1. The van der Waals surface area contributed by atoms with Crippen molar-refractivity contribution in [1.29, 1.82) is 0 Å². The summed E-state index contributed by atoms with van der Waals surface area (Å²) in [4.78, 5) is 14.3. The van der Waals surface area contributed by atoms with Crippen LogP contribution in [0, 0.1) is 0 Å². The van der Waals surface area contributed by atoms with Crippen molar-refractivity contribution in [3.05, 3.63) is 48.2 Å². The molecule has 2 aromatic heterocycles. The van der Waals surface area contributed by atoms with Crippen LogP contribution in [-0.4, -0.2) is 28.5 Å². The van der Waals surface area contributed by atoms with Gasteiger partial charge < -0.3 is 14.3 Å². The third kappa shape index (κ3) is 3.19. The molecule has 0 aliphatic carbocycles. The number of nitrogens with one attached hydrogen (secondary N) is 1. The Hall–Kier alpha value is -2.01. The van der Waals surface area contributed by atoms with Crippen molar-refractivity contribution in [2.75, 3.05) is 13.1 Å². The number of carbonyl (C=O) groups excluding carboxylic acids is 1. The lowest BCUT2D eigenvalue weighted by molar-refractivity contribution is -0.122. The maximum atomic E-state index is 12.1. The lowest BCUT2D eigenvalue weighted by Crippen LogP contribution is -2.37. The first-order valence-corrected chi connectivity index (χ1v) is 7.38. The van der Waals surface area contributed by atoms with E-state index < -0.39 is 0 Å². The van der Waals surface area contributed by atoms with E-state index in [0.717, 1.165) is 25.1 Å². The molecule has 1 N–H and O–H groups in total. The van der Waals surface area contributed by atoms with Crippen molar-refractivity contribution in [3.8, 4) is 0 Å². The molecule has 1 atom stereocenters.